The molecule has 0 bridgehead atoms. The van der Waals surface area contributed by atoms with Gasteiger partial charge in [0.1, 0.15) is 40.4 Å². The molecule has 114 heavy (non-hydrogen) atoms. The van der Waals surface area contributed by atoms with Crippen molar-refractivity contribution in [3.8, 4) is 22.8 Å². The standard InChI is InChI=1S/C34H35N5O2.C29H31N5O2.C28H28FN5O2.CH4/c1-22-17-30(39(38-22)28-11-5-7-24(18-28)20-35)34(40)37-27-10-6-9-26(19-27)33(36-21-23-13-14-23)32-29-12-4-3-8-25(29)15-16-31(32)41-2;1-20-16-26(34(33-20)25-9-4-6-22(17-25)19-30)28(35)32-24-8-5-7-23(18-24)29(36,14-13-21-11-12-21)27-10-2-3-15-31-27;1-18-12-26(34(33-18)23-6-2-4-20(13-23)15-30)28(35)32-25-14-21(9-10-24(25)29)27(36-17-19-7-8-19)22-5-3-11-31-16-22;/h3-12,15-19,23,33,36H,13-14,20-21,35H2,1-2H3,(H,37,40);2-10,15-18,21,36H,11-14,19,30H2,1H3,(H,32,35);2-6,9-14,16,19,27H,7-8,15,17,30H2,1H3,(H,32,35);1H4. The second-order valence-electron chi connectivity index (χ2n) is 29.4. The Morgan fingerprint density at radius 3 is 1.63 bits per heavy atom. The van der Waals surface area contributed by atoms with Crippen molar-refractivity contribution >= 4 is 45.6 Å². The van der Waals surface area contributed by atoms with Crippen LogP contribution < -0.4 is 43.2 Å². The molecule has 0 radical (unpaired) electrons. The first kappa shape index (κ1) is 79.9. The largest absolute Gasteiger partial charge is 0.496 e. The van der Waals surface area contributed by atoms with Crippen LogP contribution >= 0.6 is 0 Å². The zero-order valence-electron chi connectivity index (χ0n) is 63.8. The van der Waals surface area contributed by atoms with E-state index < -0.39 is 23.4 Å². The Labute approximate surface area is 664 Å². The minimum atomic E-state index is -1.23. The van der Waals surface area contributed by atoms with E-state index in [-0.39, 0.29) is 31.0 Å². The number of benzene rings is 8. The van der Waals surface area contributed by atoms with Gasteiger partial charge in [-0.3, -0.25) is 24.4 Å². The van der Waals surface area contributed by atoms with Gasteiger partial charge in [0.25, 0.3) is 17.7 Å². The zero-order valence-corrected chi connectivity index (χ0v) is 63.8. The van der Waals surface area contributed by atoms with Gasteiger partial charge in [-0.25, -0.2) is 18.4 Å². The lowest BCUT2D eigenvalue weighted by molar-refractivity contribution is 0.0625. The van der Waals surface area contributed by atoms with E-state index in [0.29, 0.717) is 102 Å². The number of anilines is 3. The summed E-state index contributed by atoms with van der Waals surface area (Å²) in [4.78, 5) is 48.9. The number of nitrogens with zero attached hydrogens (tertiary/aromatic N) is 8. The van der Waals surface area contributed by atoms with Crippen molar-refractivity contribution in [3.05, 3.63) is 333 Å². The lowest BCUT2D eigenvalue weighted by atomic mass is 9.84. The number of halogens is 1. The van der Waals surface area contributed by atoms with E-state index in [0.717, 1.165) is 104 Å². The van der Waals surface area contributed by atoms with E-state index in [2.05, 4.69) is 82.9 Å². The van der Waals surface area contributed by atoms with Crippen LogP contribution in [0.3, 0.4) is 0 Å². The Bertz CT molecular complexity index is 5500. The summed E-state index contributed by atoms with van der Waals surface area (Å²) in [6, 6.07) is 70.1. The summed E-state index contributed by atoms with van der Waals surface area (Å²) < 4.78 is 31.8. The second kappa shape index (κ2) is 36.6. The first-order chi connectivity index (χ1) is 55.0. The zero-order chi connectivity index (χ0) is 78.5. The van der Waals surface area contributed by atoms with Gasteiger partial charge in [0.05, 0.1) is 65.3 Å². The number of nitrogens with two attached hydrogens (primary N) is 3. The van der Waals surface area contributed by atoms with Crippen molar-refractivity contribution in [2.75, 3.05) is 36.2 Å². The number of methoxy groups -OCH3 is 1. The number of pyridine rings is 2. The van der Waals surface area contributed by atoms with Crippen LogP contribution in [0.1, 0.15) is 170 Å². The number of aliphatic hydroxyl groups is 1. The third-order valence-corrected chi connectivity index (χ3v) is 20.6. The third-order valence-electron chi connectivity index (χ3n) is 20.6. The highest BCUT2D eigenvalue weighted by Gasteiger charge is 2.36. The van der Waals surface area contributed by atoms with Crippen LogP contribution in [0.25, 0.3) is 27.8 Å². The molecule has 3 amide bonds. The van der Waals surface area contributed by atoms with Crippen molar-refractivity contribution in [1.29, 1.82) is 0 Å². The van der Waals surface area contributed by atoms with E-state index in [4.69, 9.17) is 26.7 Å². The van der Waals surface area contributed by atoms with Crippen molar-refractivity contribution in [3.63, 3.8) is 0 Å². The number of amides is 3. The number of hydrogen-bond acceptors (Lipinski definition) is 15. The van der Waals surface area contributed by atoms with Gasteiger partial charge in [0.15, 0.2) is 0 Å². The van der Waals surface area contributed by atoms with Crippen LogP contribution in [-0.2, 0) is 30.0 Å². The number of ether oxygens (including phenoxy) is 2. The molecule has 5 aromatic heterocycles. The van der Waals surface area contributed by atoms with E-state index >= 15 is 0 Å². The van der Waals surface area contributed by atoms with Gasteiger partial charge in [-0.15, -0.1) is 0 Å². The molecule has 16 rings (SSSR count). The average Bonchev–Trinajstić information content (AvgIpc) is 1.71. The Kier molecular flexibility index (Phi) is 25.6. The number of fused-ring (bicyclic) bond motifs is 1. The Morgan fingerprint density at radius 2 is 1.09 bits per heavy atom. The van der Waals surface area contributed by atoms with Gasteiger partial charge in [-0.05, 0) is 243 Å². The van der Waals surface area contributed by atoms with Crippen molar-refractivity contribution < 1.29 is 33.4 Å². The Hall–Kier alpha value is -12.2. The van der Waals surface area contributed by atoms with Gasteiger partial charge in [0.2, 0.25) is 0 Å². The van der Waals surface area contributed by atoms with Crippen LogP contribution in [0, 0.1) is 44.3 Å². The van der Waals surface area contributed by atoms with Crippen molar-refractivity contribution in [2.45, 2.75) is 117 Å². The second-order valence-corrected chi connectivity index (χ2v) is 29.4. The number of carbonyl (C=O) groups excluding carboxylic acids is 3. The molecule has 3 unspecified atom stereocenters. The number of carbonyl (C=O) groups is 3. The molecule has 21 nitrogen and oxygen atoms in total. The smallest absolute Gasteiger partial charge is 0.274 e. The van der Waals surface area contributed by atoms with Crippen molar-refractivity contribution in [2.24, 2.45) is 35.0 Å². The van der Waals surface area contributed by atoms with E-state index in [1.807, 2.05) is 166 Å². The number of nitrogens with one attached hydrogen (secondary N) is 4. The van der Waals surface area contributed by atoms with Gasteiger partial charge >= 0.3 is 0 Å². The summed E-state index contributed by atoms with van der Waals surface area (Å²) in [7, 11) is 1.72. The summed E-state index contributed by atoms with van der Waals surface area (Å²) in [5.74, 6) is 1.24. The van der Waals surface area contributed by atoms with Crippen LogP contribution in [0.2, 0.25) is 0 Å². The van der Waals surface area contributed by atoms with Crippen LogP contribution in [-0.4, -0.2) is 82.4 Å². The molecular formula is C92H98FN15O6. The molecule has 8 aromatic carbocycles. The maximum Gasteiger partial charge on any atom is 0.274 e. The summed E-state index contributed by atoms with van der Waals surface area (Å²) in [6.07, 6.45) is 13.5. The molecule has 3 saturated carbocycles. The fraction of sp³-hybridized carbons (Fsp3) is 0.261. The van der Waals surface area contributed by atoms with E-state index in [1.165, 1.54) is 31.7 Å². The first-order valence-electron chi connectivity index (χ1n) is 38.5. The topological polar surface area (TPSA) is 295 Å². The summed E-state index contributed by atoms with van der Waals surface area (Å²) in [5, 5.41) is 40.4. The van der Waals surface area contributed by atoms with Gasteiger partial charge < -0.3 is 53.0 Å². The summed E-state index contributed by atoms with van der Waals surface area (Å²) in [6.45, 7) is 8.28. The molecule has 13 aromatic rings. The lowest BCUT2D eigenvalue weighted by Gasteiger charge is -2.29. The molecule has 3 aliphatic rings. The van der Waals surface area contributed by atoms with Gasteiger partial charge in [-0.1, -0.05) is 129 Å². The number of aryl methyl sites for hydroxylation is 3. The van der Waals surface area contributed by atoms with Crippen LogP contribution in [0.4, 0.5) is 21.5 Å². The Morgan fingerprint density at radius 1 is 0.544 bits per heavy atom. The highest BCUT2D eigenvalue weighted by atomic mass is 19.1. The maximum absolute atomic E-state index is 14.9. The summed E-state index contributed by atoms with van der Waals surface area (Å²) in [5.41, 5.74) is 31.1. The molecular weight excluding hydrogens is 1430 g/mol. The SMILES string of the molecule is C.COc1ccc2ccccc2c1C(NCC1CC1)c1cccc(NC(=O)c2cc(C)nn2-c2cccc(CN)c2)c1.Cc1cc(C(=O)Nc2cc(C(OCC3CC3)c3cccnc3)ccc2F)n(-c2cccc(CN)c2)n1.Cc1cc(C(=O)Nc2cccc(C(O)(CCC3CC3)c3ccccn3)c2)n(-c2cccc(CN)c2)n1. The molecule has 0 saturated heterocycles. The highest BCUT2D eigenvalue weighted by molar-refractivity contribution is 6.05. The average molecular weight is 1530 g/mol. The molecule has 3 atom stereocenters. The van der Waals surface area contributed by atoms with E-state index in [1.54, 1.807) is 77.0 Å². The Balaban J connectivity index is 0.000000149. The molecule has 22 heteroatoms. The predicted octanol–water partition coefficient (Wildman–Crippen LogP) is 16.4. The van der Waals surface area contributed by atoms with Crippen LogP contribution in [0.5, 0.6) is 5.75 Å². The molecule has 0 aliphatic heterocycles. The van der Waals surface area contributed by atoms with Gasteiger partial charge in [0, 0.05) is 60.7 Å². The lowest BCUT2D eigenvalue weighted by Crippen LogP contribution is -2.29. The van der Waals surface area contributed by atoms with E-state index in [9.17, 15) is 23.9 Å². The highest BCUT2D eigenvalue weighted by Crippen LogP contribution is 2.43. The summed E-state index contributed by atoms with van der Waals surface area (Å²) >= 11 is 0. The number of rotatable bonds is 28. The first-order valence-corrected chi connectivity index (χ1v) is 38.5. The van der Waals surface area contributed by atoms with Crippen LogP contribution in [0.15, 0.2) is 243 Å². The monoisotopic (exact) mass is 1530 g/mol. The minimum Gasteiger partial charge on any atom is -0.496 e. The molecule has 5 heterocycles. The molecule has 584 valence electrons. The maximum atomic E-state index is 14.9. The minimum absolute atomic E-state index is 0. The number of aromatic nitrogens is 8. The normalized spacial score (nSPS) is 14.0. The van der Waals surface area contributed by atoms with Gasteiger partial charge in [-0.2, -0.15) is 15.3 Å². The third kappa shape index (κ3) is 19.5. The molecule has 3 fully saturated rings. The molecule has 11 N–H and O–H groups in total. The quantitative estimate of drug-likeness (QED) is 0.0226. The fourth-order valence-corrected chi connectivity index (χ4v) is 14.1. The molecule has 0 spiro atoms. The molecule has 3 aliphatic carbocycles. The predicted molar refractivity (Wildman–Crippen MR) is 445 cm³/mol. The number of hydrogen-bond donors (Lipinski definition) is 8. The van der Waals surface area contributed by atoms with Crippen molar-refractivity contribution in [1.82, 2.24) is 44.6 Å². The fourth-order valence-electron chi connectivity index (χ4n) is 14.1.